The van der Waals surface area contributed by atoms with Crippen LogP contribution in [0.15, 0.2) is 23.5 Å². The maximum Gasteiger partial charge on any atom is 0.188 e. The second kappa shape index (κ2) is 5.69. The van der Waals surface area contributed by atoms with Gasteiger partial charge in [0.05, 0.1) is 0 Å². The van der Waals surface area contributed by atoms with Gasteiger partial charge in [0.15, 0.2) is 5.84 Å². The van der Waals surface area contributed by atoms with Crippen LogP contribution in [0, 0.1) is 5.92 Å². The molecule has 0 spiro atoms. The van der Waals surface area contributed by atoms with Gasteiger partial charge in [0.1, 0.15) is 5.69 Å². The van der Waals surface area contributed by atoms with Crippen molar-refractivity contribution in [1.29, 1.82) is 0 Å². The average Bonchev–Trinajstić information content (AvgIpc) is 3.16. The summed E-state index contributed by atoms with van der Waals surface area (Å²) in [4.78, 5) is 6.65. The van der Waals surface area contributed by atoms with Crippen LogP contribution in [0.25, 0.3) is 0 Å². The molecule has 1 atom stereocenters. The van der Waals surface area contributed by atoms with Crippen LogP contribution < -0.4 is 10.6 Å². The summed E-state index contributed by atoms with van der Waals surface area (Å²) in [6.45, 7) is 1.10. The number of hydrogen-bond donors (Lipinski definition) is 2. The second-order valence-corrected chi connectivity index (χ2v) is 5.83. The number of oxime groups is 1. The molecule has 1 aromatic heterocycles. The Kier molecular flexibility index (Phi) is 3.76. The quantitative estimate of drug-likeness (QED) is 0.384. The first kappa shape index (κ1) is 13.2. The first-order chi connectivity index (χ1) is 9.79. The standard InChI is InChI=1S/C15H22N4O/c16-15(18-20)13-10-12(7-8-17-13)19-9-3-6-14(19)11-4-1-2-5-11/h7-8,10-11,14,20H,1-6,9H2,(H2,16,18). The van der Waals surface area contributed by atoms with Gasteiger partial charge in [-0.15, -0.1) is 0 Å². The molecule has 1 aromatic rings. The normalized spacial score (nSPS) is 24.5. The van der Waals surface area contributed by atoms with E-state index in [1.165, 1.54) is 38.5 Å². The Morgan fingerprint density at radius 1 is 1.30 bits per heavy atom. The van der Waals surface area contributed by atoms with Gasteiger partial charge in [-0.2, -0.15) is 0 Å². The zero-order valence-corrected chi connectivity index (χ0v) is 11.7. The highest BCUT2D eigenvalue weighted by molar-refractivity contribution is 5.95. The number of pyridine rings is 1. The molecule has 2 heterocycles. The van der Waals surface area contributed by atoms with Gasteiger partial charge in [-0.1, -0.05) is 18.0 Å². The van der Waals surface area contributed by atoms with Crippen molar-refractivity contribution in [2.24, 2.45) is 16.8 Å². The van der Waals surface area contributed by atoms with Crippen molar-refractivity contribution < 1.29 is 5.21 Å². The zero-order valence-electron chi connectivity index (χ0n) is 11.7. The van der Waals surface area contributed by atoms with Gasteiger partial charge in [-0.25, -0.2) is 0 Å². The van der Waals surface area contributed by atoms with E-state index in [1.54, 1.807) is 6.20 Å². The van der Waals surface area contributed by atoms with E-state index in [4.69, 9.17) is 10.9 Å². The molecule has 1 unspecified atom stereocenters. The van der Waals surface area contributed by atoms with Crippen molar-refractivity contribution in [2.45, 2.75) is 44.6 Å². The Balaban J connectivity index is 1.84. The van der Waals surface area contributed by atoms with Crippen LogP contribution >= 0.6 is 0 Å². The fourth-order valence-electron chi connectivity index (χ4n) is 3.73. The first-order valence-corrected chi connectivity index (χ1v) is 7.50. The summed E-state index contributed by atoms with van der Waals surface area (Å²) in [5.41, 5.74) is 7.33. The molecule has 0 radical (unpaired) electrons. The lowest BCUT2D eigenvalue weighted by atomic mass is 9.96. The third kappa shape index (κ3) is 2.44. The summed E-state index contributed by atoms with van der Waals surface area (Å²) in [5.74, 6) is 0.904. The Hall–Kier alpha value is -1.78. The summed E-state index contributed by atoms with van der Waals surface area (Å²) >= 11 is 0. The van der Waals surface area contributed by atoms with Crippen molar-refractivity contribution in [1.82, 2.24) is 4.98 Å². The van der Waals surface area contributed by atoms with Crippen LogP contribution in [0.4, 0.5) is 5.69 Å². The molecule has 0 aromatic carbocycles. The van der Waals surface area contributed by atoms with Crippen molar-refractivity contribution in [3.63, 3.8) is 0 Å². The first-order valence-electron chi connectivity index (χ1n) is 7.50. The minimum atomic E-state index is 0.0727. The molecule has 3 rings (SSSR count). The van der Waals surface area contributed by atoms with E-state index in [1.807, 2.05) is 12.1 Å². The molecule has 2 fully saturated rings. The smallest absolute Gasteiger partial charge is 0.188 e. The van der Waals surface area contributed by atoms with Crippen LogP contribution in [-0.4, -0.2) is 28.6 Å². The lowest BCUT2D eigenvalue weighted by Crippen LogP contribution is -2.34. The fourth-order valence-corrected chi connectivity index (χ4v) is 3.73. The summed E-state index contributed by atoms with van der Waals surface area (Å²) < 4.78 is 0. The number of amidine groups is 1. The topological polar surface area (TPSA) is 74.7 Å². The van der Waals surface area contributed by atoms with E-state index in [-0.39, 0.29) is 5.84 Å². The van der Waals surface area contributed by atoms with Crippen LogP contribution in [0.3, 0.4) is 0 Å². The van der Waals surface area contributed by atoms with Crippen LogP contribution in [0.1, 0.15) is 44.2 Å². The highest BCUT2D eigenvalue weighted by Crippen LogP contribution is 2.37. The molecule has 0 bridgehead atoms. The highest BCUT2D eigenvalue weighted by atomic mass is 16.4. The predicted molar refractivity (Wildman–Crippen MR) is 79.1 cm³/mol. The number of nitrogens with zero attached hydrogens (tertiary/aromatic N) is 3. The maximum absolute atomic E-state index is 8.78. The molecule has 20 heavy (non-hydrogen) atoms. The second-order valence-electron chi connectivity index (χ2n) is 5.83. The third-order valence-electron chi connectivity index (χ3n) is 4.69. The third-order valence-corrected chi connectivity index (χ3v) is 4.69. The minimum Gasteiger partial charge on any atom is -0.409 e. The Labute approximate surface area is 119 Å². The predicted octanol–water partition coefficient (Wildman–Crippen LogP) is 2.34. The largest absolute Gasteiger partial charge is 0.409 e. The molecule has 1 aliphatic heterocycles. The van der Waals surface area contributed by atoms with E-state index >= 15 is 0 Å². The summed E-state index contributed by atoms with van der Waals surface area (Å²) in [7, 11) is 0. The fraction of sp³-hybridized carbons (Fsp3) is 0.600. The molecule has 1 saturated carbocycles. The Morgan fingerprint density at radius 3 is 2.85 bits per heavy atom. The monoisotopic (exact) mass is 274 g/mol. The van der Waals surface area contributed by atoms with E-state index in [2.05, 4.69) is 15.0 Å². The molecular weight excluding hydrogens is 252 g/mol. The van der Waals surface area contributed by atoms with Crippen molar-refractivity contribution in [3.05, 3.63) is 24.0 Å². The molecule has 5 heteroatoms. The van der Waals surface area contributed by atoms with Crippen LogP contribution in [0.2, 0.25) is 0 Å². The van der Waals surface area contributed by atoms with E-state index < -0.39 is 0 Å². The van der Waals surface area contributed by atoms with E-state index in [9.17, 15) is 0 Å². The average molecular weight is 274 g/mol. The van der Waals surface area contributed by atoms with Gasteiger partial charge in [-0.05, 0) is 43.7 Å². The minimum absolute atomic E-state index is 0.0727. The van der Waals surface area contributed by atoms with Gasteiger partial charge < -0.3 is 15.8 Å². The lowest BCUT2D eigenvalue weighted by Gasteiger charge is -2.31. The molecule has 108 valence electrons. The lowest BCUT2D eigenvalue weighted by molar-refractivity contribution is 0.318. The van der Waals surface area contributed by atoms with Crippen molar-refractivity contribution in [2.75, 3.05) is 11.4 Å². The van der Waals surface area contributed by atoms with Crippen molar-refractivity contribution in [3.8, 4) is 0 Å². The Morgan fingerprint density at radius 2 is 2.10 bits per heavy atom. The molecule has 1 saturated heterocycles. The van der Waals surface area contributed by atoms with Gasteiger partial charge >= 0.3 is 0 Å². The van der Waals surface area contributed by atoms with Crippen LogP contribution in [0.5, 0.6) is 0 Å². The van der Waals surface area contributed by atoms with Crippen LogP contribution in [-0.2, 0) is 0 Å². The molecule has 0 amide bonds. The number of aromatic nitrogens is 1. The number of rotatable bonds is 3. The highest BCUT2D eigenvalue weighted by Gasteiger charge is 2.33. The number of anilines is 1. The van der Waals surface area contributed by atoms with Gasteiger partial charge in [0.25, 0.3) is 0 Å². The van der Waals surface area contributed by atoms with E-state index in [0.717, 1.165) is 18.2 Å². The van der Waals surface area contributed by atoms with E-state index in [0.29, 0.717) is 11.7 Å². The molecular formula is C15H22N4O. The zero-order chi connectivity index (χ0) is 13.9. The molecule has 1 aliphatic carbocycles. The summed E-state index contributed by atoms with van der Waals surface area (Å²) in [5, 5.41) is 11.8. The maximum atomic E-state index is 8.78. The molecule has 5 nitrogen and oxygen atoms in total. The van der Waals surface area contributed by atoms with Crippen molar-refractivity contribution >= 4 is 11.5 Å². The number of hydrogen-bond acceptors (Lipinski definition) is 4. The molecule has 2 aliphatic rings. The summed E-state index contributed by atoms with van der Waals surface area (Å²) in [6, 6.07) is 4.61. The SMILES string of the molecule is NC(=NO)c1cc(N2CCCC2C2CCCC2)ccn1. The van der Waals surface area contributed by atoms with Gasteiger partial charge in [-0.3, -0.25) is 4.98 Å². The number of nitrogens with two attached hydrogens (primary N) is 1. The van der Waals surface area contributed by atoms with Gasteiger partial charge in [0.2, 0.25) is 0 Å². The molecule has 3 N–H and O–H groups in total. The van der Waals surface area contributed by atoms with Gasteiger partial charge in [0, 0.05) is 24.5 Å². The summed E-state index contributed by atoms with van der Waals surface area (Å²) in [6.07, 6.45) is 9.75. The Bertz CT molecular complexity index is 496.